The minimum atomic E-state index is -1.37. The Kier molecular flexibility index (Phi) is 4.87. The highest BCUT2D eigenvalue weighted by Gasteiger charge is 2.40. The molecule has 28 heavy (non-hydrogen) atoms. The Morgan fingerprint density at radius 3 is 2.00 bits per heavy atom. The third-order valence-corrected chi connectivity index (χ3v) is 8.72. The minimum Gasteiger partial charge on any atom is -0.265 e. The van der Waals surface area contributed by atoms with E-state index in [0.29, 0.717) is 0 Å². The number of nitrogens with zero attached hydrogens (tertiary/aromatic N) is 1. The standard InChI is InChI=1S/C25H28BrNSi/c1-6-25(7-2)22-14-17(18-9-13-24(27-16-18)28(3,4)5)8-11-20(22)21-12-10-19(26)15-23(21)25/h8-16H,6-7H2,1-5H3. The van der Waals surface area contributed by atoms with Gasteiger partial charge < -0.3 is 0 Å². The van der Waals surface area contributed by atoms with Crippen LogP contribution in [0.4, 0.5) is 0 Å². The summed E-state index contributed by atoms with van der Waals surface area (Å²) in [4.78, 5) is 4.80. The van der Waals surface area contributed by atoms with Crippen molar-refractivity contribution >= 4 is 29.3 Å². The van der Waals surface area contributed by atoms with Gasteiger partial charge in [-0.1, -0.05) is 73.7 Å². The van der Waals surface area contributed by atoms with Crippen LogP contribution in [0.5, 0.6) is 0 Å². The number of pyridine rings is 1. The first kappa shape index (κ1) is 19.6. The van der Waals surface area contributed by atoms with E-state index in [0.717, 1.165) is 17.3 Å². The fourth-order valence-electron chi connectivity index (χ4n) is 4.67. The molecule has 3 aromatic rings. The normalized spacial score (nSPS) is 14.6. The van der Waals surface area contributed by atoms with Crippen LogP contribution in [0.15, 0.2) is 59.2 Å². The third kappa shape index (κ3) is 3.00. The van der Waals surface area contributed by atoms with Crippen LogP contribution in [-0.2, 0) is 5.41 Å². The second-order valence-corrected chi connectivity index (χ2v) is 14.8. The molecule has 0 amide bonds. The van der Waals surface area contributed by atoms with Crippen LogP contribution in [0.2, 0.25) is 19.6 Å². The summed E-state index contributed by atoms with van der Waals surface area (Å²) in [6, 6.07) is 18.2. The van der Waals surface area contributed by atoms with Gasteiger partial charge in [0.15, 0.2) is 0 Å². The van der Waals surface area contributed by atoms with Gasteiger partial charge in [0.1, 0.15) is 8.07 Å². The van der Waals surface area contributed by atoms with Gasteiger partial charge in [0.2, 0.25) is 0 Å². The molecule has 1 aromatic heterocycles. The van der Waals surface area contributed by atoms with Crippen LogP contribution in [-0.4, -0.2) is 13.1 Å². The summed E-state index contributed by atoms with van der Waals surface area (Å²) in [5.74, 6) is 0. The second kappa shape index (κ2) is 6.96. The lowest BCUT2D eigenvalue weighted by atomic mass is 9.73. The summed E-state index contributed by atoms with van der Waals surface area (Å²) in [5.41, 5.74) is 8.29. The highest BCUT2D eigenvalue weighted by atomic mass is 79.9. The molecule has 0 saturated carbocycles. The first-order valence-electron chi connectivity index (χ1n) is 10.2. The number of aromatic nitrogens is 1. The number of rotatable bonds is 4. The van der Waals surface area contributed by atoms with Gasteiger partial charge in [-0.3, -0.25) is 4.98 Å². The van der Waals surface area contributed by atoms with Gasteiger partial charge in [0.25, 0.3) is 0 Å². The van der Waals surface area contributed by atoms with Crippen molar-refractivity contribution in [1.29, 1.82) is 0 Å². The lowest BCUT2D eigenvalue weighted by Gasteiger charge is -2.30. The zero-order chi connectivity index (χ0) is 20.1. The van der Waals surface area contributed by atoms with Crippen molar-refractivity contribution in [2.24, 2.45) is 0 Å². The molecule has 0 unspecified atom stereocenters. The molecular formula is C25H28BrNSi. The van der Waals surface area contributed by atoms with E-state index in [4.69, 9.17) is 4.98 Å². The van der Waals surface area contributed by atoms with Gasteiger partial charge in [-0.2, -0.15) is 0 Å². The van der Waals surface area contributed by atoms with Gasteiger partial charge >= 0.3 is 0 Å². The van der Waals surface area contributed by atoms with Crippen molar-refractivity contribution in [1.82, 2.24) is 4.98 Å². The summed E-state index contributed by atoms with van der Waals surface area (Å²) < 4.78 is 1.16. The Hall–Kier alpha value is -1.71. The largest absolute Gasteiger partial charge is 0.265 e. The van der Waals surface area contributed by atoms with E-state index >= 15 is 0 Å². The van der Waals surface area contributed by atoms with E-state index in [1.54, 1.807) is 0 Å². The first-order valence-corrected chi connectivity index (χ1v) is 14.5. The van der Waals surface area contributed by atoms with Gasteiger partial charge in [-0.05, 0) is 70.5 Å². The summed E-state index contributed by atoms with van der Waals surface area (Å²) in [7, 11) is -1.37. The molecule has 1 nitrogen and oxygen atoms in total. The van der Waals surface area contributed by atoms with E-state index < -0.39 is 8.07 Å². The smallest absolute Gasteiger partial charge is 0.101 e. The molecule has 3 heteroatoms. The van der Waals surface area contributed by atoms with E-state index in [1.807, 2.05) is 0 Å². The molecule has 0 aliphatic heterocycles. The molecule has 1 aliphatic rings. The molecule has 0 atom stereocenters. The van der Waals surface area contributed by atoms with Gasteiger partial charge in [0.05, 0.1) is 0 Å². The Morgan fingerprint density at radius 1 is 0.821 bits per heavy atom. The van der Waals surface area contributed by atoms with Crippen molar-refractivity contribution in [3.8, 4) is 22.3 Å². The fraction of sp³-hybridized carbons (Fsp3) is 0.320. The number of fused-ring (bicyclic) bond motifs is 3. The molecule has 2 aromatic carbocycles. The topological polar surface area (TPSA) is 12.9 Å². The average Bonchev–Trinajstić information content (AvgIpc) is 2.96. The summed E-state index contributed by atoms with van der Waals surface area (Å²) in [6.07, 6.45) is 4.28. The maximum absolute atomic E-state index is 4.80. The molecule has 0 fully saturated rings. The highest BCUT2D eigenvalue weighted by molar-refractivity contribution is 9.10. The Morgan fingerprint density at radius 2 is 1.43 bits per heavy atom. The maximum atomic E-state index is 4.80. The Labute approximate surface area is 178 Å². The zero-order valence-electron chi connectivity index (χ0n) is 17.4. The van der Waals surface area contributed by atoms with Crippen LogP contribution in [0.25, 0.3) is 22.3 Å². The monoisotopic (exact) mass is 449 g/mol. The second-order valence-electron chi connectivity index (χ2n) is 8.92. The lowest BCUT2D eigenvalue weighted by molar-refractivity contribution is 0.490. The molecule has 0 radical (unpaired) electrons. The molecule has 1 aliphatic carbocycles. The van der Waals surface area contributed by atoms with Gasteiger partial charge in [-0.25, -0.2) is 0 Å². The predicted octanol–water partition coefficient (Wildman–Crippen LogP) is 7.14. The molecule has 4 rings (SSSR count). The van der Waals surface area contributed by atoms with Crippen molar-refractivity contribution < 1.29 is 0 Å². The predicted molar refractivity (Wildman–Crippen MR) is 127 cm³/mol. The van der Waals surface area contributed by atoms with Gasteiger partial charge in [0, 0.05) is 21.4 Å². The Bertz CT molecular complexity index is 1030. The van der Waals surface area contributed by atoms with Crippen molar-refractivity contribution in [3.05, 3.63) is 70.3 Å². The van der Waals surface area contributed by atoms with E-state index in [9.17, 15) is 0 Å². The molecule has 144 valence electrons. The van der Waals surface area contributed by atoms with Crippen LogP contribution in [0.1, 0.15) is 37.8 Å². The number of hydrogen-bond acceptors (Lipinski definition) is 1. The van der Waals surface area contributed by atoms with Crippen LogP contribution in [0.3, 0.4) is 0 Å². The van der Waals surface area contributed by atoms with Crippen LogP contribution >= 0.6 is 15.9 Å². The van der Waals surface area contributed by atoms with E-state index in [1.165, 1.54) is 38.7 Å². The van der Waals surface area contributed by atoms with Crippen molar-refractivity contribution in [2.45, 2.75) is 51.7 Å². The fourth-order valence-corrected chi connectivity index (χ4v) is 6.06. The summed E-state index contributed by atoms with van der Waals surface area (Å²) in [5, 5.41) is 1.27. The van der Waals surface area contributed by atoms with Gasteiger partial charge in [-0.15, -0.1) is 0 Å². The molecular weight excluding hydrogens is 422 g/mol. The number of benzene rings is 2. The summed E-state index contributed by atoms with van der Waals surface area (Å²) >= 11 is 3.69. The molecule has 0 N–H and O–H groups in total. The van der Waals surface area contributed by atoms with E-state index in [-0.39, 0.29) is 5.41 Å². The first-order chi connectivity index (χ1) is 13.3. The van der Waals surface area contributed by atoms with Crippen LogP contribution < -0.4 is 5.32 Å². The third-order valence-electron chi connectivity index (χ3n) is 6.39. The molecule has 0 bridgehead atoms. The van der Waals surface area contributed by atoms with Crippen molar-refractivity contribution in [3.63, 3.8) is 0 Å². The lowest BCUT2D eigenvalue weighted by Crippen LogP contribution is -2.39. The zero-order valence-corrected chi connectivity index (χ0v) is 20.0. The average molecular weight is 450 g/mol. The number of halogens is 1. The van der Waals surface area contributed by atoms with E-state index in [2.05, 4.69) is 104 Å². The SMILES string of the molecule is CCC1(CC)c2cc(Br)ccc2-c2ccc(-c3ccc([Si](C)(C)C)nc3)cc21. The van der Waals surface area contributed by atoms with Crippen molar-refractivity contribution in [2.75, 3.05) is 0 Å². The maximum Gasteiger partial charge on any atom is 0.101 e. The molecule has 0 saturated heterocycles. The summed E-state index contributed by atoms with van der Waals surface area (Å²) in [6.45, 7) is 11.7. The highest BCUT2D eigenvalue weighted by Crippen LogP contribution is 2.53. The Balaban J connectivity index is 1.85. The minimum absolute atomic E-state index is 0.0934. The van der Waals surface area contributed by atoms with Crippen LogP contribution in [0, 0.1) is 0 Å². The quantitative estimate of drug-likeness (QED) is 0.385. The number of hydrogen-bond donors (Lipinski definition) is 0. The molecule has 0 spiro atoms. The molecule has 1 heterocycles.